The lowest BCUT2D eigenvalue weighted by molar-refractivity contribution is -0.124. The van der Waals surface area contributed by atoms with Crippen molar-refractivity contribution in [3.05, 3.63) is 77.6 Å². The molecule has 5 heteroatoms. The smallest absolute Gasteiger partial charge is 0.267 e. The summed E-state index contributed by atoms with van der Waals surface area (Å²) in [6, 6.07) is 16.2. The molecule has 0 fully saturated rings. The Hall–Kier alpha value is -2.89. The summed E-state index contributed by atoms with van der Waals surface area (Å²) in [7, 11) is 2.11. The molecule has 26 heavy (non-hydrogen) atoms. The van der Waals surface area contributed by atoms with E-state index in [2.05, 4.69) is 18.0 Å². The molecular weight excluding hydrogens is 328 g/mol. The van der Waals surface area contributed by atoms with Crippen molar-refractivity contribution in [2.75, 3.05) is 13.6 Å². The van der Waals surface area contributed by atoms with Crippen molar-refractivity contribution in [3.8, 4) is 0 Å². The van der Waals surface area contributed by atoms with Crippen molar-refractivity contribution >= 4 is 23.0 Å². The minimum Gasteiger partial charge on any atom is -0.464 e. The number of furan rings is 1. The molecule has 3 aromatic rings. The molecule has 0 unspecified atom stereocenters. The molecular formula is C21H22N2O3. The number of nitrogens with one attached hydrogen (secondary N) is 1. The molecule has 1 heterocycles. The minimum atomic E-state index is -0.540. The number of rotatable bonds is 7. The number of hydrogen-bond donors (Lipinski definition) is 2. The number of carbonyl (C=O) groups excluding carboxylic acids is 1. The van der Waals surface area contributed by atoms with Crippen LogP contribution in [0, 0.1) is 0 Å². The monoisotopic (exact) mass is 350 g/mol. The van der Waals surface area contributed by atoms with Gasteiger partial charge in [-0.3, -0.25) is 10.0 Å². The van der Waals surface area contributed by atoms with Gasteiger partial charge in [-0.1, -0.05) is 36.4 Å². The maximum absolute atomic E-state index is 11.0. The summed E-state index contributed by atoms with van der Waals surface area (Å²) >= 11 is 0. The Kier molecular flexibility index (Phi) is 5.84. The number of fused-ring (bicyclic) bond motifs is 1. The van der Waals surface area contributed by atoms with Crippen LogP contribution in [-0.4, -0.2) is 29.6 Å². The van der Waals surface area contributed by atoms with E-state index >= 15 is 0 Å². The van der Waals surface area contributed by atoms with E-state index in [1.807, 2.05) is 42.5 Å². The highest BCUT2D eigenvalue weighted by molar-refractivity contribution is 5.90. The highest BCUT2D eigenvalue weighted by Crippen LogP contribution is 2.20. The van der Waals surface area contributed by atoms with Gasteiger partial charge >= 0.3 is 0 Å². The Bertz CT molecular complexity index is 897. The van der Waals surface area contributed by atoms with Crippen LogP contribution >= 0.6 is 0 Å². The van der Waals surface area contributed by atoms with Crippen molar-refractivity contribution in [1.29, 1.82) is 0 Å². The van der Waals surface area contributed by atoms with Gasteiger partial charge in [0.2, 0.25) is 0 Å². The maximum Gasteiger partial charge on any atom is 0.267 e. The third kappa shape index (κ3) is 4.59. The summed E-state index contributed by atoms with van der Waals surface area (Å²) in [4.78, 5) is 13.3. The van der Waals surface area contributed by atoms with Gasteiger partial charge in [-0.25, -0.2) is 5.48 Å². The van der Waals surface area contributed by atoms with Crippen molar-refractivity contribution in [2.24, 2.45) is 0 Å². The lowest BCUT2D eigenvalue weighted by Crippen LogP contribution is -2.20. The fourth-order valence-electron chi connectivity index (χ4n) is 2.92. The molecule has 1 aromatic heterocycles. The topological polar surface area (TPSA) is 65.7 Å². The molecule has 0 radical (unpaired) electrons. The zero-order chi connectivity index (χ0) is 18.4. The van der Waals surface area contributed by atoms with E-state index in [0.717, 1.165) is 30.7 Å². The predicted molar refractivity (Wildman–Crippen MR) is 102 cm³/mol. The Morgan fingerprint density at radius 3 is 2.77 bits per heavy atom. The lowest BCUT2D eigenvalue weighted by Gasteiger charge is -2.17. The first kappa shape index (κ1) is 17.9. The Balaban J connectivity index is 1.55. The third-order valence-corrected chi connectivity index (χ3v) is 4.32. The lowest BCUT2D eigenvalue weighted by atomic mass is 10.1. The number of amides is 1. The quantitative estimate of drug-likeness (QED) is 0.388. The normalized spacial score (nSPS) is 11.5. The second-order valence-electron chi connectivity index (χ2n) is 6.29. The van der Waals surface area contributed by atoms with Gasteiger partial charge in [0.15, 0.2) is 0 Å². The van der Waals surface area contributed by atoms with E-state index in [9.17, 15) is 4.79 Å². The number of hydroxylamine groups is 1. The van der Waals surface area contributed by atoms with Gasteiger partial charge in [-0.05, 0) is 48.4 Å². The second-order valence-corrected chi connectivity index (χ2v) is 6.29. The molecule has 0 aliphatic rings. The zero-order valence-corrected chi connectivity index (χ0v) is 14.7. The van der Waals surface area contributed by atoms with Crippen molar-refractivity contribution in [2.45, 2.75) is 13.0 Å². The molecule has 0 spiro atoms. The Morgan fingerprint density at radius 2 is 2.00 bits per heavy atom. The number of benzene rings is 2. The molecule has 2 aromatic carbocycles. The standard InChI is InChI=1S/C21H22N2O3/c1-23(13-11-18-3-2-4-20-19(18)12-14-26-20)15-17-7-5-16(6-8-17)9-10-21(24)22-25/h2-10,12,14,25H,11,13,15H2,1H3,(H,22,24)/b10-9+. The molecule has 2 N–H and O–H groups in total. The molecule has 0 saturated carbocycles. The van der Waals surface area contributed by atoms with Crippen LogP contribution in [0.25, 0.3) is 17.0 Å². The van der Waals surface area contributed by atoms with Crippen LogP contribution in [0.2, 0.25) is 0 Å². The third-order valence-electron chi connectivity index (χ3n) is 4.32. The SMILES string of the molecule is CN(CCc1cccc2occc12)Cc1ccc(/C=C/C(=O)NO)cc1. The molecule has 0 bridgehead atoms. The summed E-state index contributed by atoms with van der Waals surface area (Å²) in [6.07, 6.45) is 5.64. The molecule has 0 saturated heterocycles. The van der Waals surface area contributed by atoms with Gasteiger partial charge in [-0.2, -0.15) is 0 Å². The van der Waals surface area contributed by atoms with Crippen LogP contribution in [0.15, 0.2) is 65.3 Å². The Morgan fingerprint density at radius 1 is 1.19 bits per heavy atom. The zero-order valence-electron chi connectivity index (χ0n) is 14.7. The van der Waals surface area contributed by atoms with E-state index in [1.165, 1.54) is 22.6 Å². The maximum atomic E-state index is 11.0. The van der Waals surface area contributed by atoms with Crippen LogP contribution in [0.3, 0.4) is 0 Å². The van der Waals surface area contributed by atoms with Crippen LogP contribution in [0.5, 0.6) is 0 Å². The summed E-state index contributed by atoms with van der Waals surface area (Å²) in [6.45, 7) is 1.80. The van der Waals surface area contributed by atoms with Crippen molar-refractivity contribution in [1.82, 2.24) is 10.4 Å². The number of nitrogens with zero attached hydrogens (tertiary/aromatic N) is 1. The predicted octanol–water partition coefficient (Wildman–Crippen LogP) is 3.63. The molecule has 0 aliphatic heterocycles. The van der Waals surface area contributed by atoms with E-state index in [-0.39, 0.29) is 0 Å². The summed E-state index contributed by atoms with van der Waals surface area (Å²) in [5.41, 5.74) is 5.92. The molecule has 0 aliphatic carbocycles. The second kappa shape index (κ2) is 8.47. The first-order valence-corrected chi connectivity index (χ1v) is 8.50. The first-order valence-electron chi connectivity index (χ1n) is 8.50. The molecule has 134 valence electrons. The van der Waals surface area contributed by atoms with E-state index in [0.29, 0.717) is 0 Å². The summed E-state index contributed by atoms with van der Waals surface area (Å²) in [5.74, 6) is -0.540. The van der Waals surface area contributed by atoms with Crippen LogP contribution in [0.1, 0.15) is 16.7 Å². The highest BCUT2D eigenvalue weighted by Gasteiger charge is 2.06. The number of likely N-dealkylation sites (N-methyl/N-ethyl adjacent to an activating group) is 1. The number of carbonyl (C=O) groups is 1. The van der Waals surface area contributed by atoms with Crippen LogP contribution in [-0.2, 0) is 17.8 Å². The largest absolute Gasteiger partial charge is 0.464 e. The summed E-state index contributed by atoms with van der Waals surface area (Å²) < 4.78 is 5.46. The van der Waals surface area contributed by atoms with Gasteiger partial charge in [0.1, 0.15) is 5.58 Å². The van der Waals surface area contributed by atoms with Gasteiger partial charge in [0.25, 0.3) is 5.91 Å². The van der Waals surface area contributed by atoms with Gasteiger partial charge < -0.3 is 9.32 Å². The van der Waals surface area contributed by atoms with Gasteiger partial charge in [-0.15, -0.1) is 0 Å². The Labute approximate surface area is 152 Å². The summed E-state index contributed by atoms with van der Waals surface area (Å²) in [5, 5.41) is 9.66. The van der Waals surface area contributed by atoms with E-state index in [4.69, 9.17) is 9.62 Å². The van der Waals surface area contributed by atoms with E-state index in [1.54, 1.807) is 17.8 Å². The van der Waals surface area contributed by atoms with Crippen LogP contribution < -0.4 is 5.48 Å². The highest BCUT2D eigenvalue weighted by atomic mass is 16.5. The first-order chi connectivity index (χ1) is 12.7. The average Bonchev–Trinajstić information content (AvgIpc) is 3.15. The molecule has 1 amide bonds. The molecule has 3 rings (SSSR count). The minimum absolute atomic E-state index is 0.540. The number of hydrogen-bond acceptors (Lipinski definition) is 4. The van der Waals surface area contributed by atoms with Crippen LogP contribution in [0.4, 0.5) is 0 Å². The van der Waals surface area contributed by atoms with Crippen molar-refractivity contribution < 1.29 is 14.4 Å². The van der Waals surface area contributed by atoms with Gasteiger partial charge in [0.05, 0.1) is 6.26 Å². The fraction of sp³-hybridized carbons (Fsp3) is 0.190. The van der Waals surface area contributed by atoms with Crippen molar-refractivity contribution in [3.63, 3.8) is 0 Å². The molecule has 0 atom stereocenters. The van der Waals surface area contributed by atoms with Gasteiger partial charge in [0, 0.05) is 24.6 Å². The van der Waals surface area contributed by atoms with E-state index < -0.39 is 5.91 Å². The fourth-order valence-corrected chi connectivity index (χ4v) is 2.92. The average molecular weight is 350 g/mol. The molecule has 5 nitrogen and oxygen atoms in total.